The predicted octanol–water partition coefficient (Wildman–Crippen LogP) is 2.77. The summed E-state index contributed by atoms with van der Waals surface area (Å²) >= 11 is 11.9. The lowest BCUT2D eigenvalue weighted by molar-refractivity contribution is -0.130. The first-order chi connectivity index (χ1) is 14.5. The second-order valence-corrected chi connectivity index (χ2v) is 8.74. The van der Waals surface area contributed by atoms with Gasteiger partial charge in [0.05, 0.1) is 10.0 Å². The molecule has 0 unspecified atom stereocenters. The summed E-state index contributed by atoms with van der Waals surface area (Å²) in [6.07, 6.45) is 5.60. The van der Waals surface area contributed by atoms with E-state index in [0.29, 0.717) is 48.6 Å². The van der Waals surface area contributed by atoms with Crippen molar-refractivity contribution in [3.63, 3.8) is 0 Å². The van der Waals surface area contributed by atoms with Crippen molar-refractivity contribution in [3.05, 3.63) is 39.9 Å². The van der Waals surface area contributed by atoms with E-state index in [1.165, 1.54) is 6.08 Å². The van der Waals surface area contributed by atoms with Gasteiger partial charge < -0.3 is 19.8 Å². The number of amides is 2. The van der Waals surface area contributed by atoms with Crippen LogP contribution in [0.2, 0.25) is 10.0 Å². The third-order valence-electron chi connectivity index (χ3n) is 5.91. The summed E-state index contributed by atoms with van der Waals surface area (Å²) in [4.78, 5) is 31.0. The summed E-state index contributed by atoms with van der Waals surface area (Å²) in [5.74, 6) is 0.406. The molecule has 8 heteroatoms. The molecule has 2 fully saturated rings. The maximum Gasteiger partial charge on any atom is 0.246 e. The van der Waals surface area contributed by atoms with Crippen LogP contribution in [0.1, 0.15) is 24.8 Å². The number of hydrogen-bond donors (Lipinski definition) is 1. The summed E-state index contributed by atoms with van der Waals surface area (Å²) in [6, 6.07) is 5.21. The van der Waals surface area contributed by atoms with Crippen molar-refractivity contribution in [1.82, 2.24) is 14.7 Å². The van der Waals surface area contributed by atoms with Crippen molar-refractivity contribution in [2.75, 3.05) is 52.4 Å². The number of benzene rings is 1. The van der Waals surface area contributed by atoms with Crippen LogP contribution in [0.3, 0.4) is 0 Å². The molecule has 164 valence electrons. The Morgan fingerprint density at radius 3 is 2.53 bits per heavy atom. The van der Waals surface area contributed by atoms with Crippen LogP contribution in [0.25, 0.3) is 6.08 Å². The molecule has 6 nitrogen and oxygen atoms in total. The van der Waals surface area contributed by atoms with Crippen LogP contribution in [0.15, 0.2) is 24.3 Å². The number of piperidine rings is 1. The first-order valence-corrected chi connectivity index (χ1v) is 11.2. The van der Waals surface area contributed by atoms with Crippen LogP contribution in [-0.2, 0) is 9.59 Å². The van der Waals surface area contributed by atoms with Crippen molar-refractivity contribution in [2.45, 2.75) is 19.3 Å². The normalized spacial score (nSPS) is 19.5. The second kappa shape index (κ2) is 11.1. The molecule has 1 aromatic rings. The average molecular weight is 454 g/mol. The highest BCUT2D eigenvalue weighted by Gasteiger charge is 2.24. The number of aliphatic hydroxyl groups excluding tert-OH is 1. The number of carbonyl (C=O) groups is 2. The fraction of sp³-hybridized carbons (Fsp3) is 0.545. The van der Waals surface area contributed by atoms with E-state index in [1.807, 2.05) is 4.90 Å². The zero-order chi connectivity index (χ0) is 21.5. The van der Waals surface area contributed by atoms with Gasteiger partial charge in [-0.25, -0.2) is 0 Å². The Balaban J connectivity index is 1.48. The number of rotatable bonds is 6. The van der Waals surface area contributed by atoms with Crippen molar-refractivity contribution in [1.29, 1.82) is 0 Å². The van der Waals surface area contributed by atoms with Crippen LogP contribution < -0.4 is 0 Å². The third kappa shape index (κ3) is 6.45. The van der Waals surface area contributed by atoms with Crippen LogP contribution in [0.5, 0.6) is 0 Å². The molecule has 1 N–H and O–H groups in total. The molecule has 1 aromatic carbocycles. The lowest BCUT2D eigenvalue weighted by Gasteiger charge is -2.32. The largest absolute Gasteiger partial charge is 0.396 e. The highest BCUT2D eigenvalue weighted by atomic mass is 35.5. The quantitative estimate of drug-likeness (QED) is 0.672. The molecule has 0 bridgehead atoms. The van der Waals surface area contributed by atoms with Crippen molar-refractivity contribution in [2.24, 2.45) is 5.92 Å². The molecule has 30 heavy (non-hydrogen) atoms. The Morgan fingerprint density at radius 2 is 1.83 bits per heavy atom. The standard InChI is InChI=1S/C22H29Cl2N3O3/c23-19-3-1-17(15-20(19)24)2-4-21(29)26-10-7-22(30)27(14-13-26)12-11-25-8-5-18(16-28)6-9-25/h1-4,15,18,28H,5-14,16H2/b4-2+. The zero-order valence-corrected chi connectivity index (χ0v) is 18.6. The molecule has 0 saturated carbocycles. The highest BCUT2D eigenvalue weighted by Crippen LogP contribution is 2.23. The maximum atomic E-state index is 12.6. The van der Waals surface area contributed by atoms with Crippen molar-refractivity contribution >= 4 is 41.1 Å². The first-order valence-electron chi connectivity index (χ1n) is 10.5. The predicted molar refractivity (Wildman–Crippen MR) is 120 cm³/mol. The number of hydrogen-bond acceptors (Lipinski definition) is 4. The van der Waals surface area contributed by atoms with E-state index in [0.717, 1.165) is 38.0 Å². The zero-order valence-electron chi connectivity index (χ0n) is 17.1. The van der Waals surface area contributed by atoms with E-state index in [-0.39, 0.29) is 18.4 Å². The molecule has 0 aromatic heterocycles. The van der Waals surface area contributed by atoms with Crippen LogP contribution in [0, 0.1) is 5.92 Å². The van der Waals surface area contributed by atoms with Gasteiger partial charge in [0.2, 0.25) is 11.8 Å². The Labute approximate surface area is 188 Å². The van der Waals surface area contributed by atoms with Gasteiger partial charge in [-0.3, -0.25) is 9.59 Å². The number of nitrogens with zero attached hydrogens (tertiary/aromatic N) is 3. The number of aliphatic hydroxyl groups is 1. The highest BCUT2D eigenvalue weighted by molar-refractivity contribution is 6.42. The van der Waals surface area contributed by atoms with E-state index in [4.69, 9.17) is 23.2 Å². The van der Waals surface area contributed by atoms with Crippen LogP contribution >= 0.6 is 23.2 Å². The molecule has 0 atom stereocenters. The Morgan fingerprint density at radius 1 is 1.07 bits per heavy atom. The van der Waals surface area contributed by atoms with Gasteiger partial charge in [-0.2, -0.15) is 0 Å². The molecule has 2 saturated heterocycles. The lowest BCUT2D eigenvalue weighted by Crippen LogP contribution is -2.42. The molecule has 2 aliphatic rings. The molecule has 2 amide bonds. The van der Waals surface area contributed by atoms with E-state index >= 15 is 0 Å². The summed E-state index contributed by atoms with van der Waals surface area (Å²) in [5.41, 5.74) is 0.801. The van der Waals surface area contributed by atoms with Gasteiger partial charge in [-0.05, 0) is 55.6 Å². The third-order valence-corrected chi connectivity index (χ3v) is 6.65. The fourth-order valence-corrected chi connectivity index (χ4v) is 4.17. The number of halogens is 2. The molecule has 3 rings (SSSR count). The van der Waals surface area contributed by atoms with Gasteiger partial charge in [0, 0.05) is 51.8 Å². The lowest BCUT2D eigenvalue weighted by atomic mass is 9.98. The Hall–Kier alpha value is -1.60. The van der Waals surface area contributed by atoms with E-state index < -0.39 is 0 Å². The van der Waals surface area contributed by atoms with Gasteiger partial charge in [0.25, 0.3) is 0 Å². The van der Waals surface area contributed by atoms with Crippen LogP contribution in [-0.4, -0.2) is 84.0 Å². The molecular weight excluding hydrogens is 425 g/mol. The number of likely N-dealkylation sites (tertiary alicyclic amines) is 1. The number of carbonyl (C=O) groups excluding carboxylic acids is 2. The summed E-state index contributed by atoms with van der Waals surface area (Å²) in [6.45, 7) is 5.25. The van der Waals surface area contributed by atoms with Crippen molar-refractivity contribution < 1.29 is 14.7 Å². The molecule has 2 heterocycles. The average Bonchev–Trinajstić information content (AvgIpc) is 2.94. The van der Waals surface area contributed by atoms with Gasteiger partial charge in [-0.15, -0.1) is 0 Å². The molecule has 0 aliphatic carbocycles. The smallest absolute Gasteiger partial charge is 0.246 e. The monoisotopic (exact) mass is 453 g/mol. The summed E-state index contributed by atoms with van der Waals surface area (Å²) < 4.78 is 0. The topological polar surface area (TPSA) is 64.1 Å². The maximum absolute atomic E-state index is 12.6. The second-order valence-electron chi connectivity index (χ2n) is 7.93. The fourth-order valence-electron chi connectivity index (χ4n) is 3.87. The molecule has 2 aliphatic heterocycles. The van der Waals surface area contributed by atoms with E-state index in [2.05, 4.69) is 4.90 Å². The Kier molecular flexibility index (Phi) is 8.57. The van der Waals surface area contributed by atoms with Crippen molar-refractivity contribution in [3.8, 4) is 0 Å². The summed E-state index contributed by atoms with van der Waals surface area (Å²) in [5, 5.41) is 10.2. The van der Waals surface area contributed by atoms with E-state index in [9.17, 15) is 14.7 Å². The van der Waals surface area contributed by atoms with E-state index in [1.54, 1.807) is 29.2 Å². The van der Waals surface area contributed by atoms with Gasteiger partial charge >= 0.3 is 0 Å². The van der Waals surface area contributed by atoms with Gasteiger partial charge in [0.15, 0.2) is 0 Å². The molecule has 0 radical (unpaired) electrons. The Bertz CT molecular complexity index is 779. The van der Waals surface area contributed by atoms with Gasteiger partial charge in [0.1, 0.15) is 0 Å². The minimum atomic E-state index is -0.109. The van der Waals surface area contributed by atoms with Gasteiger partial charge in [-0.1, -0.05) is 29.3 Å². The minimum absolute atomic E-state index is 0.101. The minimum Gasteiger partial charge on any atom is -0.396 e. The molecule has 0 spiro atoms. The molecular formula is C22H29Cl2N3O3. The van der Waals surface area contributed by atoms with Crippen LogP contribution in [0.4, 0.5) is 0 Å². The SMILES string of the molecule is O=C(/C=C/c1ccc(Cl)c(Cl)c1)N1CCC(=O)N(CCN2CCC(CO)CC2)CC1. The summed E-state index contributed by atoms with van der Waals surface area (Å²) in [7, 11) is 0. The first kappa shape index (κ1) is 23.1.